The Morgan fingerprint density at radius 1 is 0.778 bits per heavy atom. The van der Waals surface area contributed by atoms with E-state index in [1.54, 1.807) is 0 Å². The van der Waals surface area contributed by atoms with Crippen LogP contribution in [0.15, 0.2) is 4.99 Å². The van der Waals surface area contributed by atoms with Gasteiger partial charge in [0.2, 0.25) is 23.6 Å². The van der Waals surface area contributed by atoms with Crippen LogP contribution in [0.4, 0.5) is 0 Å². The number of hydrogen-bond donors (Lipinski definition) is 10. The van der Waals surface area contributed by atoms with Crippen LogP contribution in [0, 0.1) is 0 Å². The van der Waals surface area contributed by atoms with Gasteiger partial charge in [0.05, 0.1) is 6.04 Å². The quantitative estimate of drug-likeness (QED) is 0.0349. The van der Waals surface area contributed by atoms with Crippen molar-refractivity contribution >= 4 is 54.2 Å². The van der Waals surface area contributed by atoms with Crippen LogP contribution < -0.4 is 38.9 Å². The second-order valence-electron chi connectivity index (χ2n) is 7.70. The van der Waals surface area contributed by atoms with Gasteiger partial charge in [-0.15, -0.1) is 0 Å². The number of aliphatic imine (C=N–C) groups is 1. The number of carbonyl (C=O) groups excluding carboxylic acids is 4. The maximum absolute atomic E-state index is 12.9. The summed E-state index contributed by atoms with van der Waals surface area (Å²) in [5.74, 6) is -6.44. The van der Waals surface area contributed by atoms with Gasteiger partial charge in [-0.3, -0.25) is 29.0 Å². The molecule has 13 N–H and O–H groups in total. The van der Waals surface area contributed by atoms with Crippen LogP contribution in [-0.4, -0.2) is 88.2 Å². The van der Waals surface area contributed by atoms with Gasteiger partial charge in [-0.2, -0.15) is 12.6 Å². The van der Waals surface area contributed by atoms with E-state index in [-0.39, 0.29) is 43.9 Å². The molecule has 36 heavy (non-hydrogen) atoms. The summed E-state index contributed by atoms with van der Waals surface area (Å²) >= 11 is 3.83. The minimum absolute atomic E-state index is 0.123. The van der Waals surface area contributed by atoms with Gasteiger partial charge in [0.15, 0.2) is 5.96 Å². The molecule has 0 saturated heterocycles. The van der Waals surface area contributed by atoms with Crippen molar-refractivity contribution in [2.45, 2.75) is 62.7 Å². The third kappa shape index (κ3) is 14.0. The van der Waals surface area contributed by atoms with Crippen molar-refractivity contribution in [2.75, 3.05) is 12.3 Å². The van der Waals surface area contributed by atoms with Gasteiger partial charge < -0.3 is 49.1 Å². The molecule has 4 amide bonds. The number of guanidine groups is 1. The van der Waals surface area contributed by atoms with Crippen molar-refractivity contribution in [3.8, 4) is 0 Å². The van der Waals surface area contributed by atoms with E-state index in [0.29, 0.717) is 6.42 Å². The zero-order valence-electron chi connectivity index (χ0n) is 19.5. The average molecular weight is 535 g/mol. The molecule has 0 saturated carbocycles. The molecule has 4 unspecified atom stereocenters. The molecule has 0 aliphatic heterocycles. The molecule has 0 rings (SSSR count). The van der Waals surface area contributed by atoms with Crippen LogP contribution in [-0.2, 0) is 28.8 Å². The molecule has 0 aliphatic carbocycles. The number of carboxylic acid groups (broad SMARTS) is 2. The molecule has 0 aromatic carbocycles. The highest BCUT2D eigenvalue weighted by Gasteiger charge is 2.30. The van der Waals surface area contributed by atoms with Gasteiger partial charge in [0.25, 0.3) is 0 Å². The first-order chi connectivity index (χ1) is 16.8. The molecule has 0 radical (unpaired) electrons. The van der Waals surface area contributed by atoms with Gasteiger partial charge in [-0.05, 0) is 25.7 Å². The van der Waals surface area contributed by atoms with E-state index in [1.165, 1.54) is 0 Å². The number of nitrogens with zero attached hydrogens (tertiary/aromatic N) is 1. The summed E-state index contributed by atoms with van der Waals surface area (Å²) in [5.41, 5.74) is 21.4. The lowest BCUT2D eigenvalue weighted by Crippen LogP contribution is -2.57. The van der Waals surface area contributed by atoms with Gasteiger partial charge >= 0.3 is 11.9 Å². The van der Waals surface area contributed by atoms with Crippen LogP contribution in [0.2, 0.25) is 0 Å². The highest BCUT2D eigenvalue weighted by Crippen LogP contribution is 2.05. The third-order valence-corrected chi connectivity index (χ3v) is 5.06. The first-order valence-electron chi connectivity index (χ1n) is 10.8. The lowest BCUT2D eigenvalue weighted by atomic mass is 10.1. The fourth-order valence-electron chi connectivity index (χ4n) is 2.75. The Morgan fingerprint density at radius 2 is 1.28 bits per heavy atom. The smallest absolute Gasteiger partial charge is 0.327 e. The average Bonchev–Trinajstić information content (AvgIpc) is 2.79. The number of hydrogen-bond acceptors (Lipinski definition) is 9. The van der Waals surface area contributed by atoms with E-state index < -0.39 is 66.2 Å². The molecule has 0 fully saturated rings. The molecule has 0 aliphatic rings. The predicted molar refractivity (Wildman–Crippen MR) is 130 cm³/mol. The molecule has 4 atom stereocenters. The summed E-state index contributed by atoms with van der Waals surface area (Å²) in [6, 6.07) is -5.26. The van der Waals surface area contributed by atoms with Crippen LogP contribution >= 0.6 is 12.6 Å². The van der Waals surface area contributed by atoms with E-state index >= 15 is 0 Å². The van der Waals surface area contributed by atoms with Gasteiger partial charge in [0.1, 0.15) is 18.1 Å². The first-order valence-corrected chi connectivity index (χ1v) is 11.5. The highest BCUT2D eigenvalue weighted by molar-refractivity contribution is 7.80. The Morgan fingerprint density at radius 3 is 1.72 bits per heavy atom. The van der Waals surface area contributed by atoms with E-state index in [1.807, 2.05) is 0 Å². The van der Waals surface area contributed by atoms with Crippen molar-refractivity contribution in [1.29, 1.82) is 0 Å². The zero-order chi connectivity index (χ0) is 27.8. The topological polar surface area (TPSA) is 295 Å². The Labute approximate surface area is 212 Å². The van der Waals surface area contributed by atoms with Crippen LogP contribution in [0.25, 0.3) is 0 Å². The Bertz CT molecular complexity index is 836. The fraction of sp³-hybridized carbons (Fsp3) is 0.632. The van der Waals surface area contributed by atoms with Gasteiger partial charge in [0, 0.05) is 25.1 Å². The number of rotatable bonds is 18. The summed E-state index contributed by atoms with van der Waals surface area (Å²) in [6.45, 7) is 0.221. The Balaban J connectivity index is 5.46. The number of nitrogens with two attached hydrogens (primary N) is 4. The monoisotopic (exact) mass is 534 g/mol. The minimum Gasteiger partial charge on any atom is -0.481 e. The highest BCUT2D eigenvalue weighted by atomic mass is 32.1. The van der Waals surface area contributed by atoms with Crippen molar-refractivity contribution in [1.82, 2.24) is 16.0 Å². The number of aliphatic carboxylic acids is 2. The van der Waals surface area contributed by atoms with E-state index in [4.69, 9.17) is 33.1 Å². The number of amides is 4. The number of thiol groups is 1. The fourth-order valence-corrected chi connectivity index (χ4v) is 3.00. The summed E-state index contributed by atoms with van der Waals surface area (Å²) in [5, 5.41) is 24.9. The van der Waals surface area contributed by atoms with E-state index in [0.717, 1.165) is 0 Å². The summed E-state index contributed by atoms with van der Waals surface area (Å²) < 4.78 is 0. The Kier molecular flexibility index (Phi) is 15.2. The molecule has 17 heteroatoms. The summed E-state index contributed by atoms with van der Waals surface area (Å²) in [7, 11) is 0. The third-order valence-electron chi connectivity index (χ3n) is 4.69. The maximum atomic E-state index is 12.9. The summed E-state index contributed by atoms with van der Waals surface area (Å²) in [6.07, 6.45) is -0.933. The largest absolute Gasteiger partial charge is 0.481 e. The van der Waals surface area contributed by atoms with Gasteiger partial charge in [-0.25, -0.2) is 4.79 Å². The van der Waals surface area contributed by atoms with Crippen LogP contribution in [0.5, 0.6) is 0 Å². The van der Waals surface area contributed by atoms with Crippen molar-refractivity contribution in [3.05, 3.63) is 0 Å². The number of nitrogens with one attached hydrogen (secondary N) is 3. The van der Waals surface area contributed by atoms with Crippen molar-refractivity contribution in [3.63, 3.8) is 0 Å². The normalized spacial score (nSPS) is 13.8. The van der Waals surface area contributed by atoms with Crippen LogP contribution in [0.1, 0.15) is 38.5 Å². The number of primary amides is 1. The molecule has 16 nitrogen and oxygen atoms in total. The van der Waals surface area contributed by atoms with Crippen LogP contribution in [0.3, 0.4) is 0 Å². The molecule has 0 bridgehead atoms. The SMILES string of the molecule is NC(=O)CCC(NC(=O)C(N)CCCN=C(N)N)C(=O)NC(CCC(=O)O)C(=O)NC(CS)C(=O)O. The van der Waals surface area contributed by atoms with E-state index in [9.17, 15) is 28.8 Å². The standard InChI is InChI=1S/C19H34N8O8S/c20-9(2-1-7-24-19(22)23)15(31)25-10(3-5-13(21)28)16(32)26-11(4-6-14(29)30)17(33)27-12(8-36)18(34)35/h9-12,36H,1-8,20H2,(H2,21,28)(H,25,31)(H,26,32)(H,27,33)(H,29,30)(H,34,35)(H4,22,23,24). The minimum atomic E-state index is -1.46. The second kappa shape index (κ2) is 16.9. The molecular formula is C19H34N8O8S. The predicted octanol–water partition coefficient (Wildman–Crippen LogP) is -4.03. The van der Waals surface area contributed by atoms with Crippen molar-refractivity contribution < 1.29 is 39.0 Å². The van der Waals surface area contributed by atoms with Gasteiger partial charge in [-0.1, -0.05) is 0 Å². The lowest BCUT2D eigenvalue weighted by molar-refractivity contribution is -0.142. The molecule has 204 valence electrons. The zero-order valence-corrected chi connectivity index (χ0v) is 20.4. The lowest BCUT2D eigenvalue weighted by Gasteiger charge is -2.24. The number of carbonyl (C=O) groups is 6. The Hall–Kier alpha value is -3.60. The summed E-state index contributed by atoms with van der Waals surface area (Å²) in [4.78, 5) is 75.1. The second-order valence-corrected chi connectivity index (χ2v) is 8.06. The molecule has 0 spiro atoms. The first kappa shape index (κ1) is 32.4. The van der Waals surface area contributed by atoms with E-state index in [2.05, 4.69) is 33.6 Å². The number of carboxylic acids is 2. The maximum Gasteiger partial charge on any atom is 0.327 e. The van der Waals surface area contributed by atoms with Crippen molar-refractivity contribution in [2.24, 2.45) is 27.9 Å². The molecule has 0 aromatic heterocycles. The molecule has 0 aromatic rings. The molecule has 0 heterocycles. The molecular weight excluding hydrogens is 500 g/mol.